The summed E-state index contributed by atoms with van der Waals surface area (Å²) in [4.78, 5) is 17.5. The smallest absolute Gasteiger partial charge is 0.349 e. The number of nitro groups is 1. The van der Waals surface area contributed by atoms with Crippen LogP contribution in [0.3, 0.4) is 0 Å². The van der Waals surface area contributed by atoms with E-state index in [1.807, 2.05) is 6.92 Å². The maximum Gasteiger partial charge on any atom is 0.349 e. The molecule has 8 heteroatoms. The van der Waals surface area contributed by atoms with Gasteiger partial charge in [0, 0.05) is 0 Å². The number of nitrogens with two attached hydrogens (primary N) is 1. The first-order chi connectivity index (χ1) is 7.58. The molecule has 1 atom stereocenters. The summed E-state index contributed by atoms with van der Waals surface area (Å²) in [5, 5.41) is 10.7. The van der Waals surface area contributed by atoms with Crippen molar-refractivity contribution in [3.05, 3.63) is 16.3 Å². The van der Waals surface area contributed by atoms with E-state index in [0.717, 1.165) is 6.20 Å². The maximum atomic E-state index is 10.7. The van der Waals surface area contributed by atoms with Crippen molar-refractivity contribution in [2.24, 2.45) is 5.84 Å². The summed E-state index contributed by atoms with van der Waals surface area (Å²) in [6, 6.07) is 0. The number of rotatable bonds is 5. The van der Waals surface area contributed by atoms with Crippen LogP contribution in [0, 0.1) is 10.1 Å². The van der Waals surface area contributed by atoms with E-state index in [2.05, 4.69) is 15.4 Å². The molecule has 0 spiro atoms. The van der Waals surface area contributed by atoms with Gasteiger partial charge < -0.3 is 4.74 Å². The van der Waals surface area contributed by atoms with Crippen LogP contribution in [0.2, 0.25) is 0 Å². The monoisotopic (exact) mass is 227 g/mol. The molecule has 0 aliphatic carbocycles. The van der Waals surface area contributed by atoms with Crippen LogP contribution in [0.4, 0.5) is 11.6 Å². The number of aromatic nitrogens is 2. The second-order valence-electron chi connectivity index (χ2n) is 3.12. The molecule has 1 rings (SSSR count). The average Bonchev–Trinajstić information content (AvgIpc) is 2.28. The number of ether oxygens (including phenoxy) is 1. The Morgan fingerprint density at radius 1 is 1.75 bits per heavy atom. The molecule has 0 fully saturated rings. The number of nitrogens with zero attached hydrogens (tertiary/aromatic N) is 3. The van der Waals surface area contributed by atoms with Gasteiger partial charge in [-0.3, -0.25) is 15.5 Å². The molecule has 1 heterocycles. The number of hydrogen-bond donors (Lipinski definition) is 2. The molecule has 0 radical (unpaired) electrons. The standard InChI is InChI=1S/C8H13N5O3/c1-3-5(2)16-7-6(13(14)15)4-10-8(11-7)12-9/h4-5H,3,9H2,1-2H3,(H,10,11,12). The maximum absolute atomic E-state index is 10.7. The number of hydrazine groups is 1. The van der Waals surface area contributed by atoms with E-state index in [1.54, 1.807) is 6.92 Å². The Morgan fingerprint density at radius 3 is 2.94 bits per heavy atom. The van der Waals surface area contributed by atoms with Crippen LogP contribution in [0.5, 0.6) is 5.88 Å². The number of hydrogen-bond acceptors (Lipinski definition) is 7. The zero-order chi connectivity index (χ0) is 12.1. The Labute approximate surface area is 92.0 Å². The average molecular weight is 227 g/mol. The van der Waals surface area contributed by atoms with Gasteiger partial charge in [-0.2, -0.15) is 4.98 Å². The normalized spacial score (nSPS) is 11.9. The fourth-order valence-corrected chi connectivity index (χ4v) is 0.915. The molecule has 0 saturated carbocycles. The molecule has 0 aliphatic heterocycles. The number of anilines is 1. The fraction of sp³-hybridized carbons (Fsp3) is 0.500. The van der Waals surface area contributed by atoms with Crippen LogP contribution in [0.25, 0.3) is 0 Å². The van der Waals surface area contributed by atoms with Gasteiger partial charge >= 0.3 is 5.69 Å². The lowest BCUT2D eigenvalue weighted by Crippen LogP contribution is -2.15. The summed E-state index contributed by atoms with van der Waals surface area (Å²) in [7, 11) is 0. The molecule has 0 saturated heterocycles. The first-order valence-corrected chi connectivity index (χ1v) is 4.73. The first-order valence-electron chi connectivity index (χ1n) is 4.73. The van der Waals surface area contributed by atoms with E-state index in [4.69, 9.17) is 10.6 Å². The third-order valence-corrected chi connectivity index (χ3v) is 1.95. The Balaban J connectivity index is 3.05. The molecular formula is C8H13N5O3. The number of nitrogens with one attached hydrogen (secondary N) is 1. The van der Waals surface area contributed by atoms with Gasteiger partial charge in [0.05, 0.1) is 11.0 Å². The molecule has 3 N–H and O–H groups in total. The van der Waals surface area contributed by atoms with Crippen molar-refractivity contribution >= 4 is 11.6 Å². The van der Waals surface area contributed by atoms with Gasteiger partial charge in [-0.15, -0.1) is 0 Å². The molecule has 0 aromatic carbocycles. The Hall–Kier alpha value is -1.96. The van der Waals surface area contributed by atoms with Crippen molar-refractivity contribution in [1.82, 2.24) is 9.97 Å². The van der Waals surface area contributed by atoms with Gasteiger partial charge in [0.25, 0.3) is 5.88 Å². The summed E-state index contributed by atoms with van der Waals surface area (Å²) in [6.45, 7) is 3.70. The van der Waals surface area contributed by atoms with E-state index in [0.29, 0.717) is 6.42 Å². The highest BCUT2D eigenvalue weighted by atomic mass is 16.6. The molecule has 8 nitrogen and oxygen atoms in total. The molecule has 88 valence electrons. The second-order valence-corrected chi connectivity index (χ2v) is 3.12. The first kappa shape index (κ1) is 12.1. The zero-order valence-electron chi connectivity index (χ0n) is 9.01. The van der Waals surface area contributed by atoms with Crippen LogP contribution in [0.15, 0.2) is 6.20 Å². The minimum absolute atomic E-state index is 0.0731. The highest BCUT2D eigenvalue weighted by Crippen LogP contribution is 2.25. The second kappa shape index (κ2) is 5.21. The predicted molar refractivity (Wildman–Crippen MR) is 56.9 cm³/mol. The largest absolute Gasteiger partial charge is 0.470 e. The van der Waals surface area contributed by atoms with E-state index < -0.39 is 4.92 Å². The highest BCUT2D eigenvalue weighted by Gasteiger charge is 2.20. The van der Waals surface area contributed by atoms with Crippen LogP contribution >= 0.6 is 0 Å². The SMILES string of the molecule is CCC(C)Oc1nc(NN)ncc1[N+](=O)[O-]. The lowest BCUT2D eigenvalue weighted by atomic mass is 10.3. The van der Waals surface area contributed by atoms with E-state index in [1.165, 1.54) is 0 Å². The lowest BCUT2D eigenvalue weighted by Gasteiger charge is -2.11. The Kier molecular flexibility index (Phi) is 3.95. The number of nitrogen functional groups attached to an aromatic ring is 1. The molecule has 0 amide bonds. The fourth-order valence-electron chi connectivity index (χ4n) is 0.915. The quantitative estimate of drug-likeness (QED) is 0.435. The third kappa shape index (κ3) is 2.76. The van der Waals surface area contributed by atoms with Gasteiger partial charge in [-0.05, 0) is 13.3 Å². The molecule has 1 aromatic heterocycles. The minimum Gasteiger partial charge on any atom is -0.470 e. The zero-order valence-corrected chi connectivity index (χ0v) is 9.01. The summed E-state index contributed by atoms with van der Waals surface area (Å²) < 4.78 is 5.31. The van der Waals surface area contributed by atoms with Gasteiger partial charge in [-0.1, -0.05) is 6.92 Å². The van der Waals surface area contributed by atoms with Crippen molar-refractivity contribution in [3.63, 3.8) is 0 Å². The van der Waals surface area contributed by atoms with Crippen molar-refractivity contribution < 1.29 is 9.66 Å². The van der Waals surface area contributed by atoms with Crippen LogP contribution < -0.4 is 16.0 Å². The van der Waals surface area contributed by atoms with Crippen LogP contribution in [0.1, 0.15) is 20.3 Å². The van der Waals surface area contributed by atoms with Gasteiger partial charge in [0.1, 0.15) is 6.20 Å². The van der Waals surface area contributed by atoms with Gasteiger partial charge in [-0.25, -0.2) is 10.8 Å². The van der Waals surface area contributed by atoms with Crippen molar-refractivity contribution in [1.29, 1.82) is 0 Å². The molecule has 16 heavy (non-hydrogen) atoms. The van der Waals surface area contributed by atoms with Gasteiger partial charge in [0.2, 0.25) is 5.95 Å². The lowest BCUT2D eigenvalue weighted by molar-refractivity contribution is -0.386. The topological polar surface area (TPSA) is 116 Å². The summed E-state index contributed by atoms with van der Waals surface area (Å²) >= 11 is 0. The summed E-state index contributed by atoms with van der Waals surface area (Å²) in [5.74, 6) is 5.10. The molecule has 0 aliphatic rings. The van der Waals surface area contributed by atoms with E-state index >= 15 is 0 Å². The summed E-state index contributed by atoms with van der Waals surface area (Å²) in [6.07, 6.45) is 1.60. The van der Waals surface area contributed by atoms with E-state index in [9.17, 15) is 10.1 Å². The van der Waals surface area contributed by atoms with Crippen molar-refractivity contribution in [3.8, 4) is 5.88 Å². The van der Waals surface area contributed by atoms with Crippen LogP contribution in [-0.2, 0) is 0 Å². The Morgan fingerprint density at radius 2 is 2.44 bits per heavy atom. The summed E-state index contributed by atoms with van der Waals surface area (Å²) in [5.41, 5.74) is 1.92. The molecule has 1 aromatic rings. The minimum atomic E-state index is -0.599. The molecule has 1 unspecified atom stereocenters. The predicted octanol–water partition coefficient (Wildman–Crippen LogP) is 0.848. The molecule has 0 bridgehead atoms. The van der Waals surface area contributed by atoms with E-state index in [-0.39, 0.29) is 23.6 Å². The highest BCUT2D eigenvalue weighted by molar-refractivity contribution is 5.42. The van der Waals surface area contributed by atoms with Crippen molar-refractivity contribution in [2.75, 3.05) is 5.43 Å². The molecular weight excluding hydrogens is 214 g/mol. The van der Waals surface area contributed by atoms with Gasteiger partial charge in [0.15, 0.2) is 0 Å². The Bertz CT molecular complexity index is 384. The third-order valence-electron chi connectivity index (χ3n) is 1.95. The van der Waals surface area contributed by atoms with Crippen LogP contribution in [-0.4, -0.2) is 21.0 Å². The van der Waals surface area contributed by atoms with Crippen molar-refractivity contribution in [2.45, 2.75) is 26.4 Å².